The number of nitrogens with zero attached hydrogens (tertiary/aromatic N) is 3. The van der Waals surface area contributed by atoms with Crippen molar-refractivity contribution in [3.63, 3.8) is 0 Å². The van der Waals surface area contributed by atoms with Crippen molar-refractivity contribution in [2.45, 2.75) is 0 Å². The quantitative estimate of drug-likeness (QED) is 0.184. The molecular weight excluding hydrogens is 599 g/mol. The number of benzene rings is 7. The highest BCUT2D eigenvalue weighted by Gasteiger charge is 2.17. The van der Waals surface area contributed by atoms with Gasteiger partial charge in [-0.15, -0.1) is 0 Å². The lowest BCUT2D eigenvalue weighted by atomic mass is 9.97. The third-order valence-electron chi connectivity index (χ3n) is 8.96. The molecule has 0 radical (unpaired) electrons. The Morgan fingerprint density at radius 1 is 0.327 bits per heavy atom. The molecule has 0 N–H and O–H groups in total. The predicted molar refractivity (Wildman–Crippen MR) is 200 cm³/mol. The van der Waals surface area contributed by atoms with E-state index in [1.54, 1.807) is 0 Å². The fourth-order valence-electron chi connectivity index (χ4n) is 6.55. The van der Waals surface area contributed by atoms with Crippen molar-refractivity contribution in [2.24, 2.45) is 0 Å². The van der Waals surface area contributed by atoms with Gasteiger partial charge < -0.3 is 4.42 Å². The van der Waals surface area contributed by atoms with E-state index in [0.29, 0.717) is 17.5 Å². The summed E-state index contributed by atoms with van der Waals surface area (Å²) in [7, 11) is 0. The first-order valence-corrected chi connectivity index (χ1v) is 16.4. The summed E-state index contributed by atoms with van der Waals surface area (Å²) >= 11 is 0. The van der Waals surface area contributed by atoms with Gasteiger partial charge in [-0.2, -0.15) is 0 Å². The Kier molecular flexibility index (Phi) is 7.10. The van der Waals surface area contributed by atoms with Crippen LogP contribution in [0.15, 0.2) is 180 Å². The minimum absolute atomic E-state index is 0.620. The zero-order valence-electron chi connectivity index (χ0n) is 26.5. The Morgan fingerprint density at radius 3 is 1.49 bits per heavy atom. The molecule has 2 heterocycles. The standard InChI is InChI=1S/C45H29N3O/c1-4-13-30(14-5-1)35-19-10-20-36(29-35)45-47-43(33-17-8-3-9-18-33)46-44(48-45)34-27-25-32(26-28-34)38-22-11-23-39-41-37(31-15-6-2-7-16-31)21-12-24-40(41)49-42(38)39/h1-29H. The Bertz CT molecular complexity index is 2580. The molecule has 2 aromatic heterocycles. The molecule has 0 aliphatic carbocycles. The molecule has 0 aliphatic heterocycles. The van der Waals surface area contributed by atoms with Crippen molar-refractivity contribution in [1.29, 1.82) is 0 Å². The molecule has 0 bridgehead atoms. The van der Waals surface area contributed by atoms with Crippen molar-refractivity contribution in [3.8, 4) is 67.5 Å². The summed E-state index contributed by atoms with van der Waals surface area (Å²) in [5.74, 6) is 1.89. The minimum Gasteiger partial charge on any atom is -0.455 e. The average molecular weight is 628 g/mol. The molecule has 0 unspecified atom stereocenters. The van der Waals surface area contributed by atoms with E-state index in [1.807, 2.05) is 48.5 Å². The van der Waals surface area contributed by atoms with Crippen LogP contribution in [0.1, 0.15) is 0 Å². The molecule has 230 valence electrons. The number of furan rings is 1. The summed E-state index contributed by atoms with van der Waals surface area (Å²) in [6.45, 7) is 0. The lowest BCUT2D eigenvalue weighted by Crippen LogP contribution is -2.00. The number of fused-ring (bicyclic) bond motifs is 3. The molecule has 0 aliphatic rings. The summed E-state index contributed by atoms with van der Waals surface area (Å²) < 4.78 is 6.55. The molecule has 0 spiro atoms. The second-order valence-electron chi connectivity index (χ2n) is 12.0. The van der Waals surface area contributed by atoms with Crippen LogP contribution < -0.4 is 0 Å². The highest BCUT2D eigenvalue weighted by atomic mass is 16.3. The first-order valence-electron chi connectivity index (χ1n) is 16.4. The van der Waals surface area contributed by atoms with Gasteiger partial charge in [-0.3, -0.25) is 0 Å². The van der Waals surface area contributed by atoms with Crippen LogP contribution in [0.2, 0.25) is 0 Å². The molecule has 9 aromatic rings. The van der Waals surface area contributed by atoms with E-state index in [2.05, 4.69) is 127 Å². The second kappa shape index (κ2) is 12.2. The van der Waals surface area contributed by atoms with Gasteiger partial charge in [0, 0.05) is 33.0 Å². The van der Waals surface area contributed by atoms with Crippen molar-refractivity contribution in [1.82, 2.24) is 15.0 Å². The van der Waals surface area contributed by atoms with Gasteiger partial charge in [-0.05, 0) is 39.9 Å². The van der Waals surface area contributed by atoms with Crippen LogP contribution in [0.5, 0.6) is 0 Å². The van der Waals surface area contributed by atoms with Crippen LogP contribution in [-0.2, 0) is 0 Å². The lowest BCUT2D eigenvalue weighted by molar-refractivity contribution is 0.670. The van der Waals surface area contributed by atoms with E-state index in [0.717, 1.165) is 60.9 Å². The highest BCUT2D eigenvalue weighted by molar-refractivity contribution is 6.15. The third kappa shape index (κ3) is 5.35. The van der Waals surface area contributed by atoms with E-state index in [9.17, 15) is 0 Å². The number of aromatic nitrogens is 3. The molecule has 9 rings (SSSR count). The van der Waals surface area contributed by atoms with Gasteiger partial charge in [0.1, 0.15) is 11.2 Å². The van der Waals surface area contributed by atoms with Crippen LogP contribution in [-0.4, -0.2) is 15.0 Å². The Hall–Kier alpha value is -6.65. The summed E-state index contributed by atoms with van der Waals surface area (Å²) in [4.78, 5) is 14.9. The Labute approximate surface area is 284 Å². The second-order valence-corrected chi connectivity index (χ2v) is 12.0. The normalized spacial score (nSPS) is 11.3. The molecule has 4 heteroatoms. The van der Waals surface area contributed by atoms with Gasteiger partial charge in [0.2, 0.25) is 0 Å². The average Bonchev–Trinajstić information content (AvgIpc) is 3.58. The van der Waals surface area contributed by atoms with Crippen LogP contribution in [0, 0.1) is 0 Å². The molecule has 0 saturated heterocycles. The van der Waals surface area contributed by atoms with Gasteiger partial charge in [0.25, 0.3) is 0 Å². The largest absolute Gasteiger partial charge is 0.455 e. The topological polar surface area (TPSA) is 51.8 Å². The Morgan fingerprint density at radius 2 is 0.796 bits per heavy atom. The van der Waals surface area contributed by atoms with Gasteiger partial charge >= 0.3 is 0 Å². The zero-order chi connectivity index (χ0) is 32.6. The molecule has 0 atom stereocenters. The molecule has 0 amide bonds. The minimum atomic E-state index is 0.620. The number of rotatable bonds is 6. The van der Waals surface area contributed by atoms with Crippen LogP contribution in [0.3, 0.4) is 0 Å². The maximum absolute atomic E-state index is 6.55. The molecule has 49 heavy (non-hydrogen) atoms. The molecule has 4 nitrogen and oxygen atoms in total. The van der Waals surface area contributed by atoms with Crippen LogP contribution in [0.4, 0.5) is 0 Å². The Balaban J connectivity index is 1.13. The van der Waals surface area contributed by atoms with Gasteiger partial charge in [-0.25, -0.2) is 15.0 Å². The van der Waals surface area contributed by atoms with Crippen molar-refractivity contribution in [3.05, 3.63) is 176 Å². The fraction of sp³-hybridized carbons (Fsp3) is 0. The summed E-state index contributed by atoms with van der Waals surface area (Å²) in [5, 5.41) is 2.23. The molecule has 0 saturated carbocycles. The molecular formula is C45H29N3O. The van der Waals surface area contributed by atoms with E-state index in [1.165, 1.54) is 11.1 Å². The van der Waals surface area contributed by atoms with Crippen molar-refractivity contribution in [2.75, 3.05) is 0 Å². The summed E-state index contributed by atoms with van der Waals surface area (Å²) in [6.07, 6.45) is 0. The zero-order valence-corrected chi connectivity index (χ0v) is 26.5. The maximum Gasteiger partial charge on any atom is 0.164 e. The van der Waals surface area contributed by atoms with Gasteiger partial charge in [0.05, 0.1) is 0 Å². The first-order chi connectivity index (χ1) is 24.3. The highest BCUT2D eigenvalue weighted by Crippen LogP contribution is 2.40. The molecule has 0 fully saturated rings. The van der Waals surface area contributed by atoms with Crippen LogP contribution in [0.25, 0.3) is 89.5 Å². The third-order valence-corrected chi connectivity index (χ3v) is 8.96. The van der Waals surface area contributed by atoms with Crippen molar-refractivity contribution >= 4 is 21.9 Å². The van der Waals surface area contributed by atoms with E-state index >= 15 is 0 Å². The van der Waals surface area contributed by atoms with Gasteiger partial charge in [0.15, 0.2) is 17.5 Å². The predicted octanol–water partition coefficient (Wildman–Crippen LogP) is 11.8. The van der Waals surface area contributed by atoms with E-state index < -0.39 is 0 Å². The first kappa shape index (κ1) is 28.6. The van der Waals surface area contributed by atoms with Gasteiger partial charge in [-0.1, -0.05) is 164 Å². The monoisotopic (exact) mass is 627 g/mol. The van der Waals surface area contributed by atoms with Crippen LogP contribution >= 0.6 is 0 Å². The number of para-hydroxylation sites is 1. The number of hydrogen-bond acceptors (Lipinski definition) is 4. The van der Waals surface area contributed by atoms with E-state index in [4.69, 9.17) is 19.4 Å². The van der Waals surface area contributed by atoms with Crippen molar-refractivity contribution < 1.29 is 4.42 Å². The lowest BCUT2D eigenvalue weighted by Gasteiger charge is -2.10. The summed E-state index contributed by atoms with van der Waals surface area (Å²) in [6, 6.07) is 60.3. The SMILES string of the molecule is c1ccc(-c2cccc(-c3nc(-c4ccccc4)nc(-c4ccc(-c5cccc6c5oc5cccc(-c7ccccc7)c56)cc4)n3)c2)cc1. The smallest absolute Gasteiger partial charge is 0.164 e. The molecule has 7 aromatic carbocycles. The fourth-order valence-corrected chi connectivity index (χ4v) is 6.55. The summed E-state index contributed by atoms with van der Waals surface area (Å²) in [5.41, 5.74) is 11.2. The maximum atomic E-state index is 6.55. The number of hydrogen-bond donors (Lipinski definition) is 0. The van der Waals surface area contributed by atoms with E-state index in [-0.39, 0.29) is 0 Å².